The van der Waals surface area contributed by atoms with E-state index in [0.717, 1.165) is 18.7 Å². The summed E-state index contributed by atoms with van der Waals surface area (Å²) in [5, 5.41) is 7.42. The van der Waals surface area contributed by atoms with Gasteiger partial charge in [-0.3, -0.25) is 4.98 Å². The van der Waals surface area contributed by atoms with Gasteiger partial charge in [-0.05, 0) is 23.8 Å². The number of pyridine rings is 1. The second kappa shape index (κ2) is 5.01. The number of nitrogens with zero attached hydrogens (tertiary/aromatic N) is 3. The first kappa shape index (κ1) is 12.1. The summed E-state index contributed by atoms with van der Waals surface area (Å²) >= 11 is 0. The van der Waals surface area contributed by atoms with Crippen LogP contribution in [0.25, 0.3) is 11.5 Å². The molecule has 0 saturated heterocycles. The maximum Gasteiger partial charge on any atom is 0.227 e. The van der Waals surface area contributed by atoms with Gasteiger partial charge in [-0.25, -0.2) is 0 Å². The van der Waals surface area contributed by atoms with E-state index in [0.29, 0.717) is 17.6 Å². The fourth-order valence-electron chi connectivity index (χ4n) is 2.69. The van der Waals surface area contributed by atoms with Crippen molar-refractivity contribution in [3.63, 3.8) is 0 Å². The Labute approximate surface area is 122 Å². The first-order chi connectivity index (χ1) is 10.4. The molecule has 1 aliphatic heterocycles. The van der Waals surface area contributed by atoms with Gasteiger partial charge in [0, 0.05) is 30.8 Å². The van der Waals surface area contributed by atoms with E-state index in [9.17, 15) is 0 Å². The number of para-hydroxylation sites is 1. The van der Waals surface area contributed by atoms with Gasteiger partial charge >= 0.3 is 0 Å². The molecule has 0 fully saturated rings. The molecule has 5 heteroatoms. The van der Waals surface area contributed by atoms with Crippen molar-refractivity contribution in [2.75, 3.05) is 11.9 Å². The lowest BCUT2D eigenvalue weighted by molar-refractivity contribution is 0.372. The Morgan fingerprint density at radius 2 is 2.05 bits per heavy atom. The predicted octanol–water partition coefficient (Wildman–Crippen LogP) is 2.88. The van der Waals surface area contributed by atoms with Crippen LogP contribution in [0.2, 0.25) is 0 Å². The quantitative estimate of drug-likeness (QED) is 0.798. The highest BCUT2D eigenvalue weighted by atomic mass is 16.5. The maximum absolute atomic E-state index is 5.37. The standard InChI is InChI=1S/C16H14N4O/c1-2-6-13-12(5-1)11(10-18-13)9-15-19-16(20-21-15)14-7-3-4-8-17-14/h1-8,11,18H,9-10H2. The van der Waals surface area contributed by atoms with Gasteiger partial charge in [0.15, 0.2) is 0 Å². The molecule has 1 aromatic carbocycles. The molecule has 3 heterocycles. The molecule has 0 bridgehead atoms. The van der Waals surface area contributed by atoms with E-state index in [1.165, 1.54) is 11.3 Å². The highest BCUT2D eigenvalue weighted by molar-refractivity contribution is 5.57. The van der Waals surface area contributed by atoms with Gasteiger partial charge in [0.2, 0.25) is 11.7 Å². The van der Waals surface area contributed by atoms with Crippen molar-refractivity contribution in [3.8, 4) is 11.5 Å². The number of anilines is 1. The Morgan fingerprint density at radius 3 is 2.95 bits per heavy atom. The second-order valence-corrected chi connectivity index (χ2v) is 5.10. The van der Waals surface area contributed by atoms with E-state index >= 15 is 0 Å². The third kappa shape index (κ3) is 2.27. The first-order valence-electron chi connectivity index (χ1n) is 6.97. The van der Waals surface area contributed by atoms with Crippen LogP contribution in [0.15, 0.2) is 53.2 Å². The smallest absolute Gasteiger partial charge is 0.227 e. The van der Waals surface area contributed by atoms with Crippen molar-refractivity contribution in [1.82, 2.24) is 15.1 Å². The lowest BCUT2D eigenvalue weighted by Gasteiger charge is -2.05. The average Bonchev–Trinajstić information content (AvgIpc) is 3.17. The van der Waals surface area contributed by atoms with Crippen LogP contribution in [-0.2, 0) is 6.42 Å². The topological polar surface area (TPSA) is 63.8 Å². The van der Waals surface area contributed by atoms with Crippen molar-refractivity contribution >= 4 is 5.69 Å². The molecule has 1 atom stereocenters. The summed E-state index contributed by atoms with van der Waals surface area (Å²) in [5.41, 5.74) is 3.25. The van der Waals surface area contributed by atoms with Crippen molar-refractivity contribution in [2.45, 2.75) is 12.3 Å². The van der Waals surface area contributed by atoms with E-state index < -0.39 is 0 Å². The van der Waals surface area contributed by atoms with Gasteiger partial charge < -0.3 is 9.84 Å². The lowest BCUT2D eigenvalue weighted by atomic mass is 9.98. The van der Waals surface area contributed by atoms with Crippen LogP contribution in [0, 0.1) is 0 Å². The molecule has 0 radical (unpaired) electrons. The number of rotatable bonds is 3. The Bertz CT molecular complexity index is 754. The van der Waals surface area contributed by atoms with Crippen LogP contribution in [0.3, 0.4) is 0 Å². The number of hydrogen-bond acceptors (Lipinski definition) is 5. The zero-order valence-corrected chi connectivity index (χ0v) is 11.4. The normalized spacial score (nSPS) is 16.5. The summed E-state index contributed by atoms with van der Waals surface area (Å²) in [6, 6.07) is 14.0. The van der Waals surface area contributed by atoms with Gasteiger partial charge in [0.1, 0.15) is 5.69 Å². The van der Waals surface area contributed by atoms with Crippen LogP contribution in [0.4, 0.5) is 5.69 Å². The molecule has 21 heavy (non-hydrogen) atoms. The number of hydrogen-bond donors (Lipinski definition) is 1. The SMILES string of the molecule is c1ccc(-c2noc(CC3CNc4ccccc43)n2)nc1. The largest absolute Gasteiger partial charge is 0.384 e. The van der Waals surface area contributed by atoms with Crippen LogP contribution in [0.1, 0.15) is 17.4 Å². The number of aromatic nitrogens is 3. The first-order valence-corrected chi connectivity index (χ1v) is 6.97. The minimum absolute atomic E-state index is 0.373. The van der Waals surface area contributed by atoms with Crippen molar-refractivity contribution in [2.24, 2.45) is 0 Å². The monoisotopic (exact) mass is 278 g/mol. The van der Waals surface area contributed by atoms with E-state index in [1.54, 1.807) is 6.20 Å². The van der Waals surface area contributed by atoms with Crippen molar-refractivity contribution in [3.05, 3.63) is 60.1 Å². The van der Waals surface area contributed by atoms with Crippen LogP contribution in [-0.4, -0.2) is 21.7 Å². The molecule has 3 aromatic rings. The van der Waals surface area contributed by atoms with Crippen LogP contribution in [0.5, 0.6) is 0 Å². The summed E-state index contributed by atoms with van der Waals surface area (Å²) in [6.07, 6.45) is 2.46. The summed E-state index contributed by atoms with van der Waals surface area (Å²) in [6.45, 7) is 0.903. The molecule has 1 aliphatic rings. The van der Waals surface area contributed by atoms with E-state index in [1.807, 2.05) is 24.3 Å². The Hall–Kier alpha value is -2.69. The molecule has 0 spiro atoms. The molecular formula is C16H14N4O. The van der Waals surface area contributed by atoms with Gasteiger partial charge in [-0.1, -0.05) is 29.4 Å². The average molecular weight is 278 g/mol. The number of nitrogens with one attached hydrogen (secondary N) is 1. The minimum Gasteiger partial charge on any atom is -0.384 e. The second-order valence-electron chi connectivity index (χ2n) is 5.10. The van der Waals surface area contributed by atoms with Gasteiger partial charge in [-0.2, -0.15) is 4.98 Å². The van der Waals surface area contributed by atoms with E-state index in [-0.39, 0.29) is 0 Å². The molecule has 104 valence electrons. The van der Waals surface area contributed by atoms with Gasteiger partial charge in [0.05, 0.1) is 0 Å². The molecule has 4 rings (SSSR count). The molecule has 0 amide bonds. The molecule has 2 aromatic heterocycles. The molecule has 5 nitrogen and oxygen atoms in total. The zero-order chi connectivity index (χ0) is 14.1. The minimum atomic E-state index is 0.373. The maximum atomic E-state index is 5.37. The summed E-state index contributed by atoms with van der Waals surface area (Å²) < 4.78 is 5.37. The molecule has 0 aliphatic carbocycles. The van der Waals surface area contributed by atoms with Crippen molar-refractivity contribution < 1.29 is 4.52 Å². The fraction of sp³-hybridized carbons (Fsp3) is 0.188. The molecule has 1 unspecified atom stereocenters. The Morgan fingerprint density at radius 1 is 1.14 bits per heavy atom. The highest BCUT2D eigenvalue weighted by Crippen LogP contribution is 2.33. The lowest BCUT2D eigenvalue weighted by Crippen LogP contribution is -2.05. The summed E-state index contributed by atoms with van der Waals surface area (Å²) in [4.78, 5) is 8.68. The Balaban J connectivity index is 1.56. The molecule has 1 N–H and O–H groups in total. The zero-order valence-electron chi connectivity index (χ0n) is 11.4. The third-order valence-corrected chi connectivity index (χ3v) is 3.72. The van der Waals surface area contributed by atoms with E-state index in [4.69, 9.17) is 4.52 Å². The van der Waals surface area contributed by atoms with Crippen molar-refractivity contribution in [1.29, 1.82) is 0 Å². The summed E-state index contributed by atoms with van der Waals surface area (Å²) in [7, 11) is 0. The van der Waals surface area contributed by atoms with Crippen LogP contribution < -0.4 is 5.32 Å². The van der Waals surface area contributed by atoms with Crippen LogP contribution >= 0.6 is 0 Å². The van der Waals surface area contributed by atoms with Gasteiger partial charge in [-0.15, -0.1) is 0 Å². The fourth-order valence-corrected chi connectivity index (χ4v) is 2.69. The predicted molar refractivity (Wildman–Crippen MR) is 78.9 cm³/mol. The highest BCUT2D eigenvalue weighted by Gasteiger charge is 2.24. The van der Waals surface area contributed by atoms with Gasteiger partial charge in [0.25, 0.3) is 0 Å². The summed E-state index contributed by atoms with van der Waals surface area (Å²) in [5.74, 6) is 1.57. The number of fused-ring (bicyclic) bond motifs is 1. The third-order valence-electron chi connectivity index (χ3n) is 3.72. The molecular weight excluding hydrogens is 264 g/mol. The Kier molecular flexibility index (Phi) is 2.88. The number of benzene rings is 1. The van der Waals surface area contributed by atoms with E-state index in [2.05, 4.69) is 38.6 Å². The molecule has 0 saturated carbocycles.